The first-order chi connectivity index (χ1) is 16.8. The smallest absolute Gasteiger partial charge is 0.341 e. The minimum Gasteiger partial charge on any atom is -0.494 e. The van der Waals surface area contributed by atoms with Crippen molar-refractivity contribution in [2.24, 2.45) is 0 Å². The number of ether oxygens (including phenoxy) is 3. The van der Waals surface area contributed by atoms with Crippen molar-refractivity contribution in [3.05, 3.63) is 69.5 Å². The van der Waals surface area contributed by atoms with Crippen LogP contribution in [0.1, 0.15) is 28.8 Å². The molecule has 2 fully saturated rings. The average molecular weight is 486 g/mol. The van der Waals surface area contributed by atoms with Gasteiger partial charge in [-0.1, -0.05) is 6.07 Å². The van der Waals surface area contributed by atoms with E-state index >= 15 is 4.39 Å². The number of carboxylic acid groups (broad SMARTS) is 1. The number of piperidine rings is 1. The van der Waals surface area contributed by atoms with Crippen LogP contribution < -0.4 is 15.1 Å². The molecule has 1 spiro atoms. The van der Waals surface area contributed by atoms with E-state index in [1.807, 2.05) is 4.90 Å². The van der Waals surface area contributed by atoms with Gasteiger partial charge in [-0.2, -0.15) is 0 Å². The zero-order valence-corrected chi connectivity index (χ0v) is 19.1. The van der Waals surface area contributed by atoms with Crippen LogP contribution in [0.25, 0.3) is 10.9 Å². The molecule has 0 bridgehead atoms. The van der Waals surface area contributed by atoms with Crippen molar-refractivity contribution < 1.29 is 32.9 Å². The fraction of sp³-hybridized carbons (Fsp3) is 0.360. The van der Waals surface area contributed by atoms with Crippen molar-refractivity contribution in [3.8, 4) is 5.75 Å². The summed E-state index contributed by atoms with van der Waals surface area (Å²) in [6, 6.07) is 7.01. The molecule has 1 aromatic heterocycles. The number of hydrogen-bond donors (Lipinski definition) is 1. The van der Waals surface area contributed by atoms with Gasteiger partial charge in [0.15, 0.2) is 17.4 Å². The molecule has 5 rings (SSSR count). The van der Waals surface area contributed by atoms with E-state index in [0.29, 0.717) is 55.9 Å². The van der Waals surface area contributed by atoms with Crippen molar-refractivity contribution in [1.29, 1.82) is 0 Å². The van der Waals surface area contributed by atoms with Crippen LogP contribution in [0.4, 0.5) is 14.5 Å². The van der Waals surface area contributed by atoms with E-state index in [1.54, 1.807) is 12.1 Å². The summed E-state index contributed by atoms with van der Waals surface area (Å²) in [5.41, 5.74) is -0.107. The third-order valence-electron chi connectivity index (χ3n) is 6.63. The number of pyridine rings is 1. The minimum atomic E-state index is -1.42. The molecule has 2 aliphatic rings. The number of halogens is 2. The third-order valence-corrected chi connectivity index (χ3v) is 6.63. The summed E-state index contributed by atoms with van der Waals surface area (Å²) >= 11 is 0. The molecule has 0 atom stereocenters. The van der Waals surface area contributed by atoms with Gasteiger partial charge in [-0.05, 0) is 29.8 Å². The predicted octanol–water partition coefficient (Wildman–Crippen LogP) is 3.38. The van der Waals surface area contributed by atoms with Gasteiger partial charge < -0.3 is 28.8 Å². The molecule has 35 heavy (non-hydrogen) atoms. The van der Waals surface area contributed by atoms with E-state index in [2.05, 4.69) is 0 Å². The van der Waals surface area contributed by atoms with E-state index in [0.717, 1.165) is 6.07 Å². The summed E-state index contributed by atoms with van der Waals surface area (Å²) in [4.78, 5) is 26.4. The van der Waals surface area contributed by atoms with Crippen LogP contribution in [-0.2, 0) is 16.0 Å². The zero-order chi connectivity index (χ0) is 24.7. The number of rotatable bonds is 5. The Morgan fingerprint density at radius 2 is 1.83 bits per heavy atom. The lowest BCUT2D eigenvalue weighted by molar-refractivity contribution is -0.169. The van der Waals surface area contributed by atoms with Gasteiger partial charge in [-0.25, -0.2) is 13.6 Å². The quantitative estimate of drug-likeness (QED) is 0.591. The highest BCUT2D eigenvalue weighted by Gasteiger charge is 2.40. The summed E-state index contributed by atoms with van der Waals surface area (Å²) in [6.07, 6.45) is 2.35. The maximum Gasteiger partial charge on any atom is 0.341 e. The van der Waals surface area contributed by atoms with Gasteiger partial charge in [-0.3, -0.25) is 4.79 Å². The Kier molecular flexibility index (Phi) is 5.94. The second kappa shape index (κ2) is 8.94. The Balaban J connectivity index is 1.57. The SMILES string of the molecule is COc1ccc(Cn2cc(C(=O)O)c(=O)c3cc(F)c(N4CCC5(CC4)OCCO5)cc32)cc1F. The fourth-order valence-corrected chi connectivity index (χ4v) is 4.80. The number of carboxylic acids is 1. The number of nitrogens with zero attached hydrogens (tertiary/aromatic N) is 2. The molecular formula is C25H24F2N2O6. The van der Waals surface area contributed by atoms with Gasteiger partial charge in [0.05, 0.1) is 31.5 Å². The lowest BCUT2D eigenvalue weighted by atomic mass is 10.0. The van der Waals surface area contributed by atoms with Gasteiger partial charge in [0.1, 0.15) is 11.4 Å². The molecule has 0 saturated carbocycles. The van der Waals surface area contributed by atoms with Gasteiger partial charge in [0.2, 0.25) is 5.43 Å². The Labute approximate surface area is 199 Å². The molecule has 184 valence electrons. The van der Waals surface area contributed by atoms with Crippen molar-refractivity contribution in [1.82, 2.24) is 4.57 Å². The highest BCUT2D eigenvalue weighted by atomic mass is 19.1. The topological polar surface area (TPSA) is 90.2 Å². The molecule has 0 unspecified atom stereocenters. The number of hydrogen-bond acceptors (Lipinski definition) is 6. The molecule has 0 radical (unpaired) electrons. The number of methoxy groups -OCH3 is 1. The number of fused-ring (bicyclic) bond motifs is 1. The largest absolute Gasteiger partial charge is 0.494 e. The van der Waals surface area contributed by atoms with Crippen molar-refractivity contribution in [2.45, 2.75) is 25.2 Å². The van der Waals surface area contributed by atoms with Crippen LogP contribution in [-0.4, -0.2) is 54.8 Å². The lowest BCUT2D eigenvalue weighted by Gasteiger charge is -2.38. The first-order valence-electron chi connectivity index (χ1n) is 11.3. The Hall–Kier alpha value is -3.50. The summed E-state index contributed by atoms with van der Waals surface area (Å²) in [7, 11) is 1.36. The Bertz CT molecular complexity index is 1360. The van der Waals surface area contributed by atoms with Crippen LogP contribution in [0.2, 0.25) is 0 Å². The molecule has 2 aliphatic heterocycles. The van der Waals surface area contributed by atoms with Gasteiger partial charge in [-0.15, -0.1) is 0 Å². The Morgan fingerprint density at radius 3 is 2.46 bits per heavy atom. The lowest BCUT2D eigenvalue weighted by Crippen LogP contribution is -2.45. The van der Waals surface area contributed by atoms with Crippen molar-refractivity contribution in [2.75, 3.05) is 38.3 Å². The molecule has 8 nitrogen and oxygen atoms in total. The average Bonchev–Trinajstić information content (AvgIpc) is 3.29. The molecule has 2 aromatic carbocycles. The van der Waals surface area contributed by atoms with Crippen molar-refractivity contribution in [3.63, 3.8) is 0 Å². The number of anilines is 1. The van der Waals surface area contributed by atoms with E-state index in [1.165, 1.54) is 30.0 Å². The van der Waals surface area contributed by atoms with Crippen LogP contribution in [0.5, 0.6) is 5.75 Å². The van der Waals surface area contributed by atoms with Gasteiger partial charge in [0, 0.05) is 44.1 Å². The number of aromatic nitrogens is 1. The minimum absolute atomic E-state index is 0.0592. The molecule has 3 aromatic rings. The summed E-state index contributed by atoms with van der Waals surface area (Å²) < 4.78 is 47.5. The number of carbonyl (C=O) groups is 1. The molecule has 10 heteroatoms. The first kappa shape index (κ1) is 23.3. The highest BCUT2D eigenvalue weighted by molar-refractivity contribution is 5.93. The molecule has 3 heterocycles. The maximum atomic E-state index is 15.2. The normalized spacial score (nSPS) is 17.3. The van der Waals surface area contributed by atoms with Crippen LogP contribution in [0, 0.1) is 11.6 Å². The molecule has 1 N–H and O–H groups in total. The van der Waals surface area contributed by atoms with Gasteiger partial charge >= 0.3 is 5.97 Å². The van der Waals surface area contributed by atoms with E-state index < -0.39 is 34.4 Å². The predicted molar refractivity (Wildman–Crippen MR) is 123 cm³/mol. The van der Waals surface area contributed by atoms with Gasteiger partial charge in [0.25, 0.3) is 0 Å². The van der Waals surface area contributed by atoms with Crippen LogP contribution in [0.3, 0.4) is 0 Å². The zero-order valence-electron chi connectivity index (χ0n) is 19.1. The summed E-state index contributed by atoms with van der Waals surface area (Å²) in [5, 5.41) is 9.48. The molecular weight excluding hydrogens is 462 g/mol. The maximum absolute atomic E-state index is 15.2. The third kappa shape index (κ3) is 4.23. The highest BCUT2D eigenvalue weighted by Crippen LogP contribution is 2.35. The molecule has 2 saturated heterocycles. The van der Waals surface area contributed by atoms with E-state index in [9.17, 15) is 19.1 Å². The standard InChI is InChI=1S/C25H24F2N2O6/c1-33-22-3-2-15(10-19(22)27)13-29-14-17(24(31)32)23(30)16-11-18(26)21(12-20(16)29)28-6-4-25(5-7-28)34-8-9-35-25/h2-3,10-12,14H,4-9,13H2,1H3,(H,31,32). The monoisotopic (exact) mass is 486 g/mol. The first-order valence-corrected chi connectivity index (χ1v) is 11.3. The molecule has 0 aliphatic carbocycles. The summed E-state index contributed by atoms with van der Waals surface area (Å²) in [6.45, 7) is 2.11. The van der Waals surface area contributed by atoms with Crippen molar-refractivity contribution >= 4 is 22.6 Å². The second-order valence-electron chi connectivity index (χ2n) is 8.69. The van der Waals surface area contributed by atoms with E-state index in [4.69, 9.17) is 14.2 Å². The Morgan fingerprint density at radius 1 is 1.11 bits per heavy atom. The van der Waals surface area contributed by atoms with E-state index in [-0.39, 0.29) is 17.7 Å². The summed E-state index contributed by atoms with van der Waals surface area (Å²) in [5.74, 6) is -3.16. The number of benzene rings is 2. The fourth-order valence-electron chi connectivity index (χ4n) is 4.80. The second-order valence-corrected chi connectivity index (χ2v) is 8.69. The van der Waals surface area contributed by atoms with Crippen LogP contribution >= 0.6 is 0 Å². The number of aromatic carboxylic acids is 1. The molecule has 0 amide bonds. The van der Waals surface area contributed by atoms with Crippen LogP contribution in [0.15, 0.2) is 41.3 Å².